The van der Waals surface area contributed by atoms with E-state index in [0.29, 0.717) is 12.8 Å². The molecule has 0 aromatic heterocycles. The zero-order valence-corrected chi connectivity index (χ0v) is 21.9. The van der Waals surface area contributed by atoms with Crippen LogP contribution in [0.1, 0.15) is 128 Å². The van der Waals surface area contributed by atoms with E-state index in [1.165, 1.54) is 101 Å². The number of carboxylic acid groups (broad SMARTS) is 2. The van der Waals surface area contributed by atoms with E-state index in [1.807, 2.05) is 31.4 Å². The average molecular weight is 495 g/mol. The Morgan fingerprint density at radius 3 is 0.968 bits per heavy atom. The van der Waals surface area contributed by atoms with E-state index in [9.17, 15) is 9.59 Å². The molecule has 0 amide bonds. The maximum Gasteiger partial charge on any atom is 0.303 e. The Hall–Kier alpha value is -0.0100. The third kappa shape index (κ3) is 30.0. The number of carbonyl (C=O) groups is 2. The fourth-order valence-corrected chi connectivity index (χ4v) is 7.46. The summed E-state index contributed by atoms with van der Waals surface area (Å²) in [4.78, 5) is 20.8. The molecule has 7 heteroatoms. The van der Waals surface area contributed by atoms with Crippen molar-refractivity contribution in [3.05, 3.63) is 0 Å². The van der Waals surface area contributed by atoms with Crippen LogP contribution in [0.3, 0.4) is 0 Å². The van der Waals surface area contributed by atoms with E-state index in [-0.39, 0.29) is 0 Å². The molecule has 2 N–H and O–H groups in total. The average Bonchev–Trinajstić information content (AvgIpc) is 2.73. The first-order valence-corrected chi connectivity index (χ1v) is 16.3. The zero-order valence-electron chi connectivity index (χ0n) is 19.5. The van der Waals surface area contributed by atoms with Crippen LogP contribution in [0.2, 0.25) is 0 Å². The van der Waals surface area contributed by atoms with Crippen molar-refractivity contribution < 1.29 is 19.8 Å². The lowest BCUT2D eigenvalue weighted by molar-refractivity contribution is -0.138. The lowest BCUT2D eigenvalue weighted by atomic mass is 10.1. The van der Waals surface area contributed by atoms with Crippen LogP contribution in [0.25, 0.3) is 0 Å². The van der Waals surface area contributed by atoms with Gasteiger partial charge in [0.25, 0.3) is 0 Å². The van der Waals surface area contributed by atoms with Gasteiger partial charge in [-0.25, -0.2) is 0 Å². The summed E-state index contributed by atoms with van der Waals surface area (Å²) in [5.74, 6) is 1.19. The van der Waals surface area contributed by atoms with Gasteiger partial charge in [0.15, 0.2) is 0 Å². The van der Waals surface area contributed by atoms with Gasteiger partial charge in [-0.3, -0.25) is 9.59 Å². The molecular weight excluding hydrogens is 448 g/mol. The molecule has 0 aliphatic heterocycles. The van der Waals surface area contributed by atoms with Crippen molar-refractivity contribution in [1.29, 1.82) is 0 Å². The molecule has 4 nitrogen and oxygen atoms in total. The first-order chi connectivity index (χ1) is 15.1. The fourth-order valence-electron chi connectivity index (χ4n) is 3.45. The summed E-state index contributed by atoms with van der Waals surface area (Å²) in [6, 6.07) is 0. The van der Waals surface area contributed by atoms with Crippen molar-refractivity contribution in [1.82, 2.24) is 0 Å². The van der Waals surface area contributed by atoms with Crippen LogP contribution >= 0.6 is 31.4 Å². The summed E-state index contributed by atoms with van der Waals surface area (Å²) in [5, 5.41) is 17.2. The van der Waals surface area contributed by atoms with Crippen LogP contribution in [0.4, 0.5) is 0 Å². The standard InChI is InChI=1S/C24H46O4S3/c25-23(26)19-15-11-7-3-1-5-9-13-17-21-29-31-30-22-18-14-10-6-2-4-8-12-16-20-24(27)28/h1-22H2,(H,25,26)(H,27,28). The molecule has 0 radical (unpaired) electrons. The van der Waals surface area contributed by atoms with Crippen molar-refractivity contribution in [2.45, 2.75) is 128 Å². The molecule has 0 spiro atoms. The van der Waals surface area contributed by atoms with Crippen LogP contribution in [0.5, 0.6) is 0 Å². The van der Waals surface area contributed by atoms with Crippen LogP contribution in [0.15, 0.2) is 0 Å². The molecule has 0 aromatic rings. The summed E-state index contributed by atoms with van der Waals surface area (Å²) in [6.45, 7) is 0. The van der Waals surface area contributed by atoms with Crippen LogP contribution < -0.4 is 0 Å². The molecule has 0 unspecified atom stereocenters. The molecule has 0 aliphatic rings. The molecule has 0 atom stereocenters. The van der Waals surface area contributed by atoms with E-state index < -0.39 is 11.9 Å². The fraction of sp³-hybridized carbons (Fsp3) is 0.917. The summed E-state index contributed by atoms with van der Waals surface area (Å²) in [6.07, 6.45) is 22.6. The van der Waals surface area contributed by atoms with Crippen LogP contribution in [-0.4, -0.2) is 33.7 Å². The molecule has 0 saturated heterocycles. The van der Waals surface area contributed by atoms with E-state index in [2.05, 4.69) is 0 Å². The Balaban J connectivity index is 3.02. The Morgan fingerprint density at radius 1 is 0.419 bits per heavy atom. The molecule has 0 aromatic carbocycles. The topological polar surface area (TPSA) is 74.6 Å². The second-order valence-electron chi connectivity index (χ2n) is 8.36. The normalized spacial score (nSPS) is 11.1. The molecule has 0 aliphatic carbocycles. The van der Waals surface area contributed by atoms with E-state index in [0.717, 1.165) is 25.7 Å². The molecule has 0 rings (SSSR count). The Morgan fingerprint density at radius 2 is 0.677 bits per heavy atom. The Labute approximate surface area is 202 Å². The van der Waals surface area contributed by atoms with Gasteiger partial charge >= 0.3 is 11.9 Å². The minimum atomic E-state index is -0.666. The first kappa shape index (κ1) is 31.0. The highest BCUT2D eigenvalue weighted by Gasteiger charge is 1.99. The second-order valence-corrected chi connectivity index (χ2v) is 12.8. The monoisotopic (exact) mass is 494 g/mol. The van der Waals surface area contributed by atoms with Crippen molar-refractivity contribution >= 4 is 43.4 Å². The summed E-state index contributed by atoms with van der Waals surface area (Å²) in [5.41, 5.74) is 0. The van der Waals surface area contributed by atoms with Gasteiger partial charge < -0.3 is 10.2 Å². The number of hydrogen-bond donors (Lipinski definition) is 2. The van der Waals surface area contributed by atoms with Gasteiger partial charge in [0.2, 0.25) is 0 Å². The number of carboxylic acids is 2. The molecule has 0 heterocycles. The third-order valence-electron chi connectivity index (χ3n) is 5.33. The number of unbranched alkanes of at least 4 members (excludes halogenated alkanes) is 16. The number of aliphatic carboxylic acids is 2. The van der Waals surface area contributed by atoms with Gasteiger partial charge in [0.1, 0.15) is 0 Å². The SMILES string of the molecule is O=C(O)CCCCCCCCCCCSSSCCCCCCCCCCCC(=O)O. The smallest absolute Gasteiger partial charge is 0.303 e. The summed E-state index contributed by atoms with van der Waals surface area (Å²) < 4.78 is 0. The van der Waals surface area contributed by atoms with Gasteiger partial charge in [-0.05, 0) is 35.5 Å². The van der Waals surface area contributed by atoms with E-state index >= 15 is 0 Å². The van der Waals surface area contributed by atoms with Crippen molar-refractivity contribution in [2.24, 2.45) is 0 Å². The maximum absolute atomic E-state index is 10.4. The van der Waals surface area contributed by atoms with Crippen LogP contribution in [0, 0.1) is 0 Å². The number of hydrogen-bond acceptors (Lipinski definition) is 5. The Bertz CT molecular complexity index is 372. The molecule has 0 bridgehead atoms. The second kappa shape index (κ2) is 26.2. The molecule has 0 fully saturated rings. The first-order valence-electron chi connectivity index (χ1n) is 12.5. The van der Waals surface area contributed by atoms with Crippen LogP contribution in [-0.2, 0) is 9.59 Å². The molecule has 184 valence electrons. The highest BCUT2D eigenvalue weighted by atomic mass is 33.5. The molecule has 31 heavy (non-hydrogen) atoms. The van der Waals surface area contributed by atoms with Gasteiger partial charge in [-0.2, -0.15) is 0 Å². The maximum atomic E-state index is 10.4. The lowest BCUT2D eigenvalue weighted by Crippen LogP contribution is -1.93. The number of rotatable bonds is 26. The largest absolute Gasteiger partial charge is 0.481 e. The highest BCUT2D eigenvalue weighted by Crippen LogP contribution is 2.35. The summed E-state index contributed by atoms with van der Waals surface area (Å²) in [7, 11) is 5.99. The zero-order chi connectivity index (χ0) is 22.8. The highest BCUT2D eigenvalue weighted by molar-refractivity contribution is 9.09. The summed E-state index contributed by atoms with van der Waals surface area (Å²) >= 11 is 0. The van der Waals surface area contributed by atoms with Gasteiger partial charge in [0.05, 0.1) is 0 Å². The van der Waals surface area contributed by atoms with E-state index in [1.54, 1.807) is 0 Å². The van der Waals surface area contributed by atoms with Gasteiger partial charge in [0, 0.05) is 24.3 Å². The lowest BCUT2D eigenvalue weighted by Gasteiger charge is -2.03. The Kier molecular flexibility index (Phi) is 26.2. The van der Waals surface area contributed by atoms with Gasteiger partial charge in [-0.15, -0.1) is 0 Å². The van der Waals surface area contributed by atoms with Crippen molar-refractivity contribution in [2.75, 3.05) is 11.5 Å². The quantitative estimate of drug-likeness (QED) is 0.0917. The molecular formula is C24H46O4S3. The third-order valence-corrected chi connectivity index (χ3v) is 9.75. The minimum absolute atomic E-state index is 0.327. The van der Waals surface area contributed by atoms with Crippen molar-refractivity contribution in [3.8, 4) is 0 Å². The van der Waals surface area contributed by atoms with E-state index in [4.69, 9.17) is 10.2 Å². The minimum Gasteiger partial charge on any atom is -0.481 e. The molecule has 0 saturated carbocycles. The van der Waals surface area contributed by atoms with Crippen molar-refractivity contribution in [3.63, 3.8) is 0 Å². The predicted molar refractivity (Wildman–Crippen MR) is 140 cm³/mol. The van der Waals surface area contributed by atoms with Gasteiger partial charge in [-0.1, -0.05) is 111 Å². The predicted octanol–water partition coefficient (Wildman–Crippen LogP) is 8.99.